The predicted molar refractivity (Wildman–Crippen MR) is 96.2 cm³/mol. The zero-order valence-corrected chi connectivity index (χ0v) is 15.1. The number of anilines is 1. The van der Waals surface area contributed by atoms with Gasteiger partial charge in [-0.25, -0.2) is 4.98 Å². The number of nitrogens with zero attached hydrogens (tertiary/aromatic N) is 7. The van der Waals surface area contributed by atoms with Crippen molar-refractivity contribution in [2.75, 3.05) is 18.0 Å². The molecule has 0 atom stereocenters. The van der Waals surface area contributed by atoms with Crippen molar-refractivity contribution in [2.24, 2.45) is 0 Å². The highest BCUT2D eigenvalue weighted by Crippen LogP contribution is 2.37. The third-order valence-electron chi connectivity index (χ3n) is 5.45. The maximum Gasteiger partial charge on any atom is 0.205 e. The smallest absolute Gasteiger partial charge is 0.205 e. The van der Waals surface area contributed by atoms with Gasteiger partial charge >= 0.3 is 0 Å². The average Bonchev–Trinajstić information content (AvgIpc) is 3.20. The molecular weight excluding hydrogens is 334 g/mol. The van der Waals surface area contributed by atoms with Gasteiger partial charge in [-0.15, -0.1) is 10.2 Å². The number of fused-ring (bicyclic) bond motifs is 1. The summed E-state index contributed by atoms with van der Waals surface area (Å²) in [5.41, 5.74) is 1.82. The summed E-state index contributed by atoms with van der Waals surface area (Å²) in [7, 11) is 0. The number of piperidine rings is 1. The highest BCUT2D eigenvalue weighted by atomic mass is 32.1. The summed E-state index contributed by atoms with van der Waals surface area (Å²) in [5, 5.41) is 14.3. The van der Waals surface area contributed by atoms with E-state index < -0.39 is 0 Å². The maximum absolute atomic E-state index is 4.79. The molecule has 0 unspecified atom stereocenters. The molecule has 1 aliphatic heterocycles. The van der Waals surface area contributed by atoms with Crippen LogP contribution in [-0.4, -0.2) is 42.3 Å². The molecular formula is C17H21N7S. The van der Waals surface area contributed by atoms with E-state index in [0.717, 1.165) is 54.1 Å². The third kappa shape index (κ3) is 2.68. The number of hydrogen-bond donors (Lipinski definition) is 0. The topological polar surface area (TPSA) is 72.1 Å². The second-order valence-electron chi connectivity index (χ2n) is 7.13. The van der Waals surface area contributed by atoms with Crippen LogP contribution in [0.1, 0.15) is 61.3 Å². The lowest BCUT2D eigenvalue weighted by atomic mass is 9.85. The molecule has 0 spiro atoms. The van der Waals surface area contributed by atoms with Gasteiger partial charge in [0.25, 0.3) is 0 Å². The van der Waals surface area contributed by atoms with Crippen LogP contribution in [-0.2, 0) is 0 Å². The summed E-state index contributed by atoms with van der Waals surface area (Å²) in [6.45, 7) is 3.98. The van der Waals surface area contributed by atoms with Crippen molar-refractivity contribution in [2.45, 2.75) is 50.9 Å². The molecule has 3 aromatic heterocycles. The molecule has 5 rings (SSSR count). The Bertz CT molecular complexity index is 889. The summed E-state index contributed by atoms with van der Waals surface area (Å²) < 4.78 is 6.50. The van der Waals surface area contributed by atoms with E-state index >= 15 is 0 Å². The monoisotopic (exact) mass is 355 g/mol. The fourth-order valence-corrected chi connectivity index (χ4v) is 4.47. The summed E-state index contributed by atoms with van der Waals surface area (Å²) >= 11 is 1.56. The van der Waals surface area contributed by atoms with Crippen molar-refractivity contribution in [3.63, 3.8) is 0 Å². The van der Waals surface area contributed by atoms with Gasteiger partial charge in [-0.2, -0.15) is 14.0 Å². The molecule has 2 fully saturated rings. The quantitative estimate of drug-likeness (QED) is 0.719. The Hall–Kier alpha value is -2.09. The number of rotatable bonds is 3. The van der Waals surface area contributed by atoms with Crippen molar-refractivity contribution in [3.05, 3.63) is 29.5 Å². The van der Waals surface area contributed by atoms with Crippen molar-refractivity contribution < 1.29 is 0 Å². The van der Waals surface area contributed by atoms with Gasteiger partial charge in [0.05, 0.1) is 5.69 Å². The highest BCUT2D eigenvalue weighted by molar-refractivity contribution is 7.09. The minimum atomic E-state index is 0.402. The molecule has 25 heavy (non-hydrogen) atoms. The largest absolute Gasteiger partial charge is 0.347 e. The van der Waals surface area contributed by atoms with Crippen LogP contribution in [0.4, 0.5) is 5.13 Å². The Morgan fingerprint density at radius 2 is 1.88 bits per heavy atom. The van der Waals surface area contributed by atoms with E-state index in [2.05, 4.69) is 24.6 Å². The molecule has 0 aromatic carbocycles. The maximum atomic E-state index is 4.79. The lowest BCUT2D eigenvalue weighted by Crippen LogP contribution is -2.33. The van der Waals surface area contributed by atoms with E-state index in [0.29, 0.717) is 11.8 Å². The van der Waals surface area contributed by atoms with Gasteiger partial charge < -0.3 is 4.90 Å². The van der Waals surface area contributed by atoms with E-state index in [1.807, 2.05) is 23.6 Å². The summed E-state index contributed by atoms with van der Waals surface area (Å²) in [6, 6.07) is 3.96. The van der Waals surface area contributed by atoms with Gasteiger partial charge in [0.15, 0.2) is 11.5 Å². The minimum absolute atomic E-state index is 0.402. The van der Waals surface area contributed by atoms with Crippen LogP contribution in [0.3, 0.4) is 0 Å². The van der Waals surface area contributed by atoms with Crippen molar-refractivity contribution in [1.82, 2.24) is 29.2 Å². The second kappa shape index (κ2) is 6.01. The molecule has 8 heteroatoms. The minimum Gasteiger partial charge on any atom is -0.347 e. The Morgan fingerprint density at radius 3 is 2.64 bits per heavy atom. The fourth-order valence-electron chi connectivity index (χ4n) is 3.67. The molecule has 0 radical (unpaired) electrons. The Balaban J connectivity index is 1.30. The van der Waals surface area contributed by atoms with Gasteiger partial charge in [-0.05, 0) is 44.7 Å². The van der Waals surface area contributed by atoms with Gasteiger partial charge in [0.2, 0.25) is 5.13 Å². The molecule has 3 aromatic rings. The molecule has 4 heterocycles. The van der Waals surface area contributed by atoms with Crippen LogP contribution < -0.4 is 4.90 Å². The van der Waals surface area contributed by atoms with Crippen LogP contribution in [0.15, 0.2) is 12.1 Å². The first-order valence-electron chi connectivity index (χ1n) is 9.05. The molecule has 0 bridgehead atoms. The van der Waals surface area contributed by atoms with E-state index in [1.54, 1.807) is 11.5 Å². The Labute approximate surface area is 150 Å². The standard InChI is InChI=1S/C17H21N7S/c1-11-5-6-14-19-20-16(24(14)21-11)13-7-9-23(10-8-13)17-18-15(22-25-17)12-3-2-4-12/h5-6,12-13H,2-4,7-10H2,1H3. The van der Waals surface area contributed by atoms with Crippen molar-refractivity contribution in [3.8, 4) is 0 Å². The molecule has 7 nitrogen and oxygen atoms in total. The third-order valence-corrected chi connectivity index (χ3v) is 6.24. The SMILES string of the molecule is Cc1ccc2nnc(C3CCN(c4nc(C5CCC5)ns4)CC3)n2n1. The lowest BCUT2D eigenvalue weighted by molar-refractivity contribution is 0.404. The van der Waals surface area contributed by atoms with Crippen LogP contribution in [0.25, 0.3) is 5.65 Å². The predicted octanol–water partition coefficient (Wildman–Crippen LogP) is 2.94. The lowest BCUT2D eigenvalue weighted by Gasteiger charge is -2.30. The van der Waals surface area contributed by atoms with E-state index in [9.17, 15) is 0 Å². The van der Waals surface area contributed by atoms with Crippen LogP contribution in [0.2, 0.25) is 0 Å². The summed E-state index contributed by atoms with van der Waals surface area (Å²) in [4.78, 5) is 7.17. The fraction of sp³-hybridized carbons (Fsp3) is 0.588. The normalized spacial score (nSPS) is 19.5. The van der Waals surface area contributed by atoms with Gasteiger partial charge in [0.1, 0.15) is 5.82 Å². The number of hydrogen-bond acceptors (Lipinski definition) is 7. The van der Waals surface area contributed by atoms with Gasteiger partial charge in [-0.1, -0.05) is 6.42 Å². The summed E-state index contributed by atoms with van der Waals surface area (Å²) in [6.07, 6.45) is 5.93. The number of aryl methyl sites for hydroxylation is 1. The molecule has 0 amide bonds. The first-order valence-corrected chi connectivity index (χ1v) is 9.83. The van der Waals surface area contributed by atoms with Crippen molar-refractivity contribution in [1.29, 1.82) is 0 Å². The zero-order chi connectivity index (χ0) is 16.8. The first kappa shape index (κ1) is 15.2. The highest BCUT2D eigenvalue weighted by Gasteiger charge is 2.28. The van der Waals surface area contributed by atoms with Crippen molar-refractivity contribution >= 4 is 22.3 Å². The molecule has 1 aliphatic carbocycles. The van der Waals surface area contributed by atoms with Gasteiger partial charge in [0, 0.05) is 36.5 Å². The number of aromatic nitrogens is 6. The summed E-state index contributed by atoms with van der Waals surface area (Å²) in [5.74, 6) is 3.07. The first-order chi connectivity index (χ1) is 12.3. The van der Waals surface area contributed by atoms with Crippen LogP contribution in [0, 0.1) is 6.92 Å². The molecule has 0 N–H and O–H groups in total. The van der Waals surface area contributed by atoms with E-state index in [4.69, 9.17) is 4.98 Å². The molecule has 1 saturated carbocycles. The second-order valence-corrected chi connectivity index (χ2v) is 7.86. The Kier molecular flexibility index (Phi) is 3.65. The van der Waals surface area contributed by atoms with Crippen LogP contribution in [0.5, 0.6) is 0 Å². The molecule has 2 aliphatic rings. The van der Waals surface area contributed by atoms with E-state index in [-0.39, 0.29) is 0 Å². The van der Waals surface area contributed by atoms with Crippen LogP contribution >= 0.6 is 11.5 Å². The van der Waals surface area contributed by atoms with E-state index in [1.165, 1.54) is 19.3 Å². The Morgan fingerprint density at radius 1 is 1.04 bits per heavy atom. The average molecular weight is 355 g/mol. The molecule has 1 saturated heterocycles. The molecule has 130 valence electrons. The van der Waals surface area contributed by atoms with Gasteiger partial charge in [-0.3, -0.25) is 0 Å². The zero-order valence-electron chi connectivity index (χ0n) is 14.3.